The molecule has 4 nitrogen and oxygen atoms in total. The third-order valence-electron chi connectivity index (χ3n) is 3.27. The standard InChI is InChI=1S/C13H23N3O/c1-2-3-6-17-7-4-5-16-11-15-10-13(16)12-8-14-9-12/h10-12,14H,2-9H2,1H3. The summed E-state index contributed by atoms with van der Waals surface area (Å²) in [6.45, 7) is 7.17. The average Bonchev–Trinajstić information content (AvgIpc) is 2.69. The highest BCUT2D eigenvalue weighted by molar-refractivity contribution is 5.11. The van der Waals surface area contributed by atoms with E-state index in [4.69, 9.17) is 4.74 Å². The van der Waals surface area contributed by atoms with Crippen LogP contribution in [0.25, 0.3) is 0 Å². The first-order valence-corrected chi connectivity index (χ1v) is 6.70. The van der Waals surface area contributed by atoms with Crippen LogP contribution in [0.1, 0.15) is 37.8 Å². The van der Waals surface area contributed by atoms with Crippen molar-refractivity contribution in [2.24, 2.45) is 0 Å². The Bertz CT molecular complexity index is 320. The Labute approximate surface area is 103 Å². The van der Waals surface area contributed by atoms with E-state index >= 15 is 0 Å². The molecule has 1 N–H and O–H groups in total. The maximum atomic E-state index is 5.57. The number of ether oxygens (including phenoxy) is 1. The molecule has 0 bridgehead atoms. The largest absolute Gasteiger partial charge is 0.381 e. The van der Waals surface area contributed by atoms with Gasteiger partial charge in [0, 0.05) is 50.7 Å². The molecule has 0 aliphatic carbocycles. The van der Waals surface area contributed by atoms with Gasteiger partial charge in [0.1, 0.15) is 0 Å². The Balaban J connectivity index is 1.66. The quantitative estimate of drug-likeness (QED) is 0.700. The van der Waals surface area contributed by atoms with Gasteiger partial charge in [-0.1, -0.05) is 13.3 Å². The van der Waals surface area contributed by atoms with Crippen molar-refractivity contribution in [3.63, 3.8) is 0 Å². The summed E-state index contributed by atoms with van der Waals surface area (Å²) in [4.78, 5) is 4.25. The van der Waals surface area contributed by atoms with E-state index in [9.17, 15) is 0 Å². The fourth-order valence-corrected chi connectivity index (χ4v) is 2.04. The summed E-state index contributed by atoms with van der Waals surface area (Å²) in [6.07, 6.45) is 7.40. The third kappa shape index (κ3) is 3.54. The van der Waals surface area contributed by atoms with Crippen LogP contribution in [0.15, 0.2) is 12.5 Å². The van der Waals surface area contributed by atoms with Gasteiger partial charge in [0.05, 0.1) is 6.33 Å². The number of nitrogens with zero attached hydrogens (tertiary/aromatic N) is 2. The summed E-state index contributed by atoms with van der Waals surface area (Å²) >= 11 is 0. The summed E-state index contributed by atoms with van der Waals surface area (Å²) in [5.41, 5.74) is 1.37. The van der Waals surface area contributed by atoms with Crippen LogP contribution >= 0.6 is 0 Å². The van der Waals surface area contributed by atoms with Gasteiger partial charge in [-0.3, -0.25) is 0 Å². The van der Waals surface area contributed by atoms with Crippen LogP contribution in [0.5, 0.6) is 0 Å². The van der Waals surface area contributed by atoms with Crippen LogP contribution in [0.3, 0.4) is 0 Å². The van der Waals surface area contributed by atoms with E-state index in [0.717, 1.165) is 39.3 Å². The van der Waals surface area contributed by atoms with Crippen molar-refractivity contribution in [3.8, 4) is 0 Å². The lowest BCUT2D eigenvalue weighted by Gasteiger charge is -2.27. The van der Waals surface area contributed by atoms with Crippen molar-refractivity contribution in [2.75, 3.05) is 26.3 Å². The van der Waals surface area contributed by atoms with Gasteiger partial charge in [-0.05, 0) is 12.8 Å². The van der Waals surface area contributed by atoms with E-state index < -0.39 is 0 Å². The molecule has 17 heavy (non-hydrogen) atoms. The molecule has 0 atom stereocenters. The zero-order chi connectivity index (χ0) is 11.9. The molecule has 1 saturated heterocycles. The van der Waals surface area contributed by atoms with Crippen LogP contribution < -0.4 is 5.32 Å². The molecule has 2 heterocycles. The highest BCUT2D eigenvalue weighted by Gasteiger charge is 2.21. The molecular formula is C13H23N3O. The molecular weight excluding hydrogens is 214 g/mol. The van der Waals surface area contributed by atoms with E-state index in [-0.39, 0.29) is 0 Å². The Hall–Kier alpha value is -0.870. The summed E-state index contributed by atoms with van der Waals surface area (Å²) in [6, 6.07) is 0. The molecule has 0 unspecified atom stereocenters. The molecule has 2 rings (SSSR count). The first-order chi connectivity index (χ1) is 8.42. The van der Waals surface area contributed by atoms with Crippen molar-refractivity contribution < 1.29 is 4.74 Å². The number of nitrogens with one attached hydrogen (secondary N) is 1. The van der Waals surface area contributed by atoms with Crippen LogP contribution in [0, 0.1) is 0 Å². The smallest absolute Gasteiger partial charge is 0.0948 e. The number of aryl methyl sites for hydroxylation is 1. The summed E-state index contributed by atoms with van der Waals surface area (Å²) in [7, 11) is 0. The first kappa shape index (κ1) is 12.6. The highest BCUT2D eigenvalue weighted by Crippen LogP contribution is 2.19. The molecule has 0 aromatic carbocycles. The van der Waals surface area contributed by atoms with E-state index in [1.807, 2.05) is 12.5 Å². The number of hydrogen-bond donors (Lipinski definition) is 1. The Kier molecular flexibility index (Phi) is 5.01. The monoisotopic (exact) mass is 237 g/mol. The zero-order valence-electron chi connectivity index (χ0n) is 10.7. The summed E-state index contributed by atoms with van der Waals surface area (Å²) in [5.74, 6) is 0.665. The van der Waals surface area contributed by atoms with Crippen LogP contribution in [0.2, 0.25) is 0 Å². The second-order valence-electron chi connectivity index (χ2n) is 4.69. The van der Waals surface area contributed by atoms with Crippen molar-refractivity contribution in [1.82, 2.24) is 14.9 Å². The third-order valence-corrected chi connectivity index (χ3v) is 3.27. The van der Waals surface area contributed by atoms with Gasteiger partial charge in [0.15, 0.2) is 0 Å². The van der Waals surface area contributed by atoms with Crippen molar-refractivity contribution in [2.45, 2.75) is 38.6 Å². The van der Waals surface area contributed by atoms with Gasteiger partial charge >= 0.3 is 0 Å². The lowest BCUT2D eigenvalue weighted by Crippen LogP contribution is -2.40. The Morgan fingerprint density at radius 1 is 1.41 bits per heavy atom. The maximum absolute atomic E-state index is 5.57. The van der Waals surface area contributed by atoms with Gasteiger partial charge in [-0.2, -0.15) is 0 Å². The van der Waals surface area contributed by atoms with Gasteiger partial charge in [0.2, 0.25) is 0 Å². The normalized spacial score (nSPS) is 16.1. The van der Waals surface area contributed by atoms with Gasteiger partial charge < -0.3 is 14.6 Å². The van der Waals surface area contributed by atoms with E-state index in [1.54, 1.807) is 0 Å². The number of hydrogen-bond acceptors (Lipinski definition) is 3. The molecule has 0 radical (unpaired) electrons. The summed E-state index contributed by atoms with van der Waals surface area (Å²) in [5, 5.41) is 3.30. The van der Waals surface area contributed by atoms with Crippen LogP contribution in [-0.4, -0.2) is 35.9 Å². The topological polar surface area (TPSA) is 39.1 Å². The molecule has 0 saturated carbocycles. The lowest BCUT2D eigenvalue weighted by atomic mass is 10.00. The van der Waals surface area contributed by atoms with Crippen molar-refractivity contribution in [3.05, 3.63) is 18.2 Å². The van der Waals surface area contributed by atoms with Crippen molar-refractivity contribution in [1.29, 1.82) is 0 Å². The molecule has 1 aromatic rings. The predicted molar refractivity (Wildman–Crippen MR) is 68.2 cm³/mol. The molecule has 0 spiro atoms. The lowest BCUT2D eigenvalue weighted by molar-refractivity contribution is 0.125. The minimum Gasteiger partial charge on any atom is -0.381 e. The summed E-state index contributed by atoms with van der Waals surface area (Å²) < 4.78 is 7.84. The van der Waals surface area contributed by atoms with Gasteiger partial charge in [-0.15, -0.1) is 0 Å². The number of aromatic nitrogens is 2. The number of unbranched alkanes of at least 4 members (excludes halogenated alkanes) is 1. The second kappa shape index (κ2) is 6.77. The van der Waals surface area contributed by atoms with Gasteiger partial charge in [0.25, 0.3) is 0 Å². The molecule has 1 fully saturated rings. The van der Waals surface area contributed by atoms with Crippen LogP contribution in [0.4, 0.5) is 0 Å². The highest BCUT2D eigenvalue weighted by atomic mass is 16.5. The molecule has 0 amide bonds. The average molecular weight is 237 g/mol. The molecule has 96 valence electrons. The maximum Gasteiger partial charge on any atom is 0.0948 e. The number of rotatable bonds is 8. The SMILES string of the molecule is CCCCOCCCn1cncc1C1CNC1. The molecule has 1 aliphatic heterocycles. The van der Waals surface area contributed by atoms with E-state index in [1.165, 1.54) is 18.5 Å². The second-order valence-corrected chi connectivity index (χ2v) is 4.69. The minimum absolute atomic E-state index is 0.665. The Morgan fingerprint density at radius 2 is 2.24 bits per heavy atom. The zero-order valence-corrected chi connectivity index (χ0v) is 10.7. The predicted octanol–water partition coefficient (Wildman–Crippen LogP) is 1.78. The van der Waals surface area contributed by atoms with E-state index in [2.05, 4.69) is 21.8 Å². The minimum atomic E-state index is 0.665. The fourth-order valence-electron chi connectivity index (χ4n) is 2.04. The first-order valence-electron chi connectivity index (χ1n) is 6.70. The van der Waals surface area contributed by atoms with E-state index in [0.29, 0.717) is 5.92 Å². The number of imidazole rings is 1. The van der Waals surface area contributed by atoms with Gasteiger partial charge in [-0.25, -0.2) is 4.98 Å². The van der Waals surface area contributed by atoms with Crippen molar-refractivity contribution >= 4 is 0 Å². The molecule has 1 aliphatic rings. The Morgan fingerprint density at radius 3 is 2.94 bits per heavy atom. The molecule has 1 aromatic heterocycles. The fraction of sp³-hybridized carbons (Fsp3) is 0.769. The van der Waals surface area contributed by atoms with Crippen LogP contribution in [-0.2, 0) is 11.3 Å². The molecule has 4 heteroatoms.